The maximum absolute atomic E-state index is 11.1. The summed E-state index contributed by atoms with van der Waals surface area (Å²) >= 11 is 0. The Bertz CT molecular complexity index is 427. The molecule has 1 aromatic rings. The lowest BCUT2D eigenvalue weighted by molar-refractivity contribution is 0.0689. The lowest BCUT2D eigenvalue weighted by Crippen LogP contribution is -2.11. The fraction of sp³-hybridized carbons (Fsp3) is 0.500. The van der Waals surface area contributed by atoms with Crippen molar-refractivity contribution in [2.24, 2.45) is 0 Å². The first kappa shape index (κ1) is 11.7. The highest BCUT2D eigenvalue weighted by molar-refractivity contribution is 5.91. The molecule has 0 saturated heterocycles. The molecule has 2 rings (SSSR count). The highest BCUT2D eigenvalue weighted by atomic mass is 16.5. The Morgan fingerprint density at radius 3 is 2.71 bits per heavy atom. The van der Waals surface area contributed by atoms with Gasteiger partial charge in [-0.15, -0.1) is 0 Å². The van der Waals surface area contributed by atoms with E-state index in [2.05, 4.69) is 4.98 Å². The molecular weight excluding hydrogens is 222 g/mol. The molecule has 1 N–H and O–H groups in total. The molecule has 1 aromatic heterocycles. The highest BCUT2D eigenvalue weighted by Crippen LogP contribution is 2.36. The minimum absolute atomic E-state index is 0.0510. The smallest absolute Gasteiger partial charge is 0.341 e. The Morgan fingerprint density at radius 1 is 1.47 bits per heavy atom. The van der Waals surface area contributed by atoms with Crippen LogP contribution in [0.5, 0.6) is 11.5 Å². The lowest BCUT2D eigenvalue weighted by atomic mass is 10.2. The third kappa shape index (κ3) is 2.87. The number of nitrogens with zero attached hydrogens (tertiary/aromatic N) is 1. The topological polar surface area (TPSA) is 68.7 Å². The fourth-order valence-corrected chi connectivity index (χ4v) is 1.39. The first-order valence-electron chi connectivity index (χ1n) is 5.62. The van der Waals surface area contributed by atoms with E-state index >= 15 is 0 Å². The molecule has 1 heterocycles. The SMILES string of the molecule is CC(C)Oc1cncc(C(=O)O)c1OC1CC1. The van der Waals surface area contributed by atoms with E-state index in [9.17, 15) is 4.79 Å². The van der Waals surface area contributed by atoms with E-state index in [0.717, 1.165) is 12.8 Å². The zero-order valence-corrected chi connectivity index (χ0v) is 9.84. The van der Waals surface area contributed by atoms with Gasteiger partial charge in [-0.05, 0) is 26.7 Å². The number of hydrogen-bond donors (Lipinski definition) is 1. The average Bonchev–Trinajstić information content (AvgIpc) is 3.03. The number of carbonyl (C=O) groups is 1. The van der Waals surface area contributed by atoms with E-state index in [0.29, 0.717) is 11.5 Å². The summed E-state index contributed by atoms with van der Waals surface area (Å²) in [5, 5.41) is 9.08. The van der Waals surface area contributed by atoms with Crippen LogP contribution in [0.15, 0.2) is 12.4 Å². The fourth-order valence-electron chi connectivity index (χ4n) is 1.39. The van der Waals surface area contributed by atoms with Crippen LogP contribution in [-0.4, -0.2) is 28.3 Å². The van der Waals surface area contributed by atoms with Crippen LogP contribution in [0, 0.1) is 0 Å². The van der Waals surface area contributed by atoms with Gasteiger partial charge in [0.2, 0.25) is 0 Å². The number of rotatable bonds is 5. The van der Waals surface area contributed by atoms with Crippen molar-refractivity contribution in [1.82, 2.24) is 4.98 Å². The van der Waals surface area contributed by atoms with Gasteiger partial charge in [-0.2, -0.15) is 0 Å². The molecule has 17 heavy (non-hydrogen) atoms. The van der Waals surface area contributed by atoms with Gasteiger partial charge in [-0.25, -0.2) is 4.79 Å². The average molecular weight is 237 g/mol. The number of hydrogen-bond acceptors (Lipinski definition) is 4. The van der Waals surface area contributed by atoms with E-state index in [1.807, 2.05) is 13.8 Å². The molecule has 0 aromatic carbocycles. The summed E-state index contributed by atoms with van der Waals surface area (Å²) < 4.78 is 11.1. The number of pyridine rings is 1. The van der Waals surface area contributed by atoms with E-state index in [4.69, 9.17) is 14.6 Å². The van der Waals surface area contributed by atoms with Crippen molar-refractivity contribution < 1.29 is 19.4 Å². The molecule has 0 bridgehead atoms. The van der Waals surface area contributed by atoms with Gasteiger partial charge in [0.25, 0.3) is 0 Å². The van der Waals surface area contributed by atoms with E-state index in [-0.39, 0.29) is 17.8 Å². The molecule has 0 unspecified atom stereocenters. The molecule has 1 fully saturated rings. The third-order valence-corrected chi connectivity index (χ3v) is 2.27. The molecule has 5 heteroatoms. The molecular formula is C12H15NO4. The summed E-state index contributed by atoms with van der Waals surface area (Å²) in [6.07, 6.45) is 4.76. The van der Waals surface area contributed by atoms with Gasteiger partial charge in [0.1, 0.15) is 5.56 Å². The Balaban J connectivity index is 2.34. The van der Waals surface area contributed by atoms with E-state index in [1.54, 1.807) is 0 Å². The molecule has 0 aliphatic heterocycles. The zero-order chi connectivity index (χ0) is 12.4. The monoisotopic (exact) mass is 237 g/mol. The normalized spacial score (nSPS) is 14.8. The molecule has 0 amide bonds. The van der Waals surface area contributed by atoms with Gasteiger partial charge in [0.05, 0.1) is 18.4 Å². The van der Waals surface area contributed by atoms with Crippen LogP contribution in [-0.2, 0) is 0 Å². The number of ether oxygens (including phenoxy) is 2. The van der Waals surface area contributed by atoms with Crippen LogP contribution < -0.4 is 9.47 Å². The van der Waals surface area contributed by atoms with Crippen LogP contribution in [0.4, 0.5) is 0 Å². The third-order valence-electron chi connectivity index (χ3n) is 2.27. The summed E-state index contributed by atoms with van der Waals surface area (Å²) in [6.45, 7) is 3.74. The van der Waals surface area contributed by atoms with Crippen LogP contribution in [0.3, 0.4) is 0 Å². The van der Waals surface area contributed by atoms with Gasteiger partial charge in [0.15, 0.2) is 11.5 Å². The maximum atomic E-state index is 11.1. The molecule has 5 nitrogen and oxygen atoms in total. The van der Waals surface area contributed by atoms with Crippen molar-refractivity contribution in [3.8, 4) is 11.5 Å². The Kier molecular flexibility index (Phi) is 3.17. The Morgan fingerprint density at radius 2 is 2.18 bits per heavy atom. The zero-order valence-electron chi connectivity index (χ0n) is 9.84. The van der Waals surface area contributed by atoms with Crippen molar-refractivity contribution in [3.05, 3.63) is 18.0 Å². The number of carboxylic acids is 1. The van der Waals surface area contributed by atoms with E-state index in [1.165, 1.54) is 12.4 Å². The summed E-state index contributed by atoms with van der Waals surface area (Å²) in [5.41, 5.74) is 0.0510. The van der Waals surface area contributed by atoms with Crippen molar-refractivity contribution in [2.45, 2.75) is 38.9 Å². The van der Waals surface area contributed by atoms with Gasteiger partial charge < -0.3 is 14.6 Å². The van der Waals surface area contributed by atoms with Gasteiger partial charge in [-0.1, -0.05) is 0 Å². The summed E-state index contributed by atoms with van der Waals surface area (Å²) in [7, 11) is 0. The second kappa shape index (κ2) is 4.61. The largest absolute Gasteiger partial charge is 0.485 e. The van der Waals surface area contributed by atoms with Crippen LogP contribution in [0.25, 0.3) is 0 Å². The van der Waals surface area contributed by atoms with Crippen LogP contribution in [0.1, 0.15) is 37.0 Å². The standard InChI is InChI=1S/C12H15NO4/c1-7(2)16-10-6-13-5-9(12(14)15)11(10)17-8-3-4-8/h5-8H,3-4H2,1-2H3,(H,14,15). The number of aromatic nitrogens is 1. The Labute approximate surface area is 99.4 Å². The van der Waals surface area contributed by atoms with Crippen LogP contribution >= 0.6 is 0 Å². The lowest BCUT2D eigenvalue weighted by Gasteiger charge is -2.15. The number of carboxylic acid groups (broad SMARTS) is 1. The minimum Gasteiger partial charge on any atom is -0.485 e. The second-order valence-corrected chi connectivity index (χ2v) is 4.30. The minimum atomic E-state index is -1.05. The number of aromatic carboxylic acids is 1. The predicted octanol–water partition coefficient (Wildman–Crippen LogP) is 2.11. The highest BCUT2D eigenvalue weighted by Gasteiger charge is 2.28. The van der Waals surface area contributed by atoms with Gasteiger partial charge in [-0.3, -0.25) is 4.98 Å². The molecule has 0 radical (unpaired) electrons. The Hall–Kier alpha value is -1.78. The first-order chi connectivity index (χ1) is 8.08. The van der Waals surface area contributed by atoms with E-state index < -0.39 is 5.97 Å². The summed E-state index contributed by atoms with van der Waals surface area (Å²) in [6, 6.07) is 0. The van der Waals surface area contributed by atoms with Crippen molar-refractivity contribution in [1.29, 1.82) is 0 Å². The summed E-state index contributed by atoms with van der Waals surface area (Å²) in [4.78, 5) is 14.9. The molecule has 92 valence electrons. The van der Waals surface area contributed by atoms with Crippen molar-refractivity contribution in [3.63, 3.8) is 0 Å². The molecule has 0 atom stereocenters. The maximum Gasteiger partial charge on any atom is 0.341 e. The predicted molar refractivity (Wildman–Crippen MR) is 60.6 cm³/mol. The van der Waals surface area contributed by atoms with Crippen molar-refractivity contribution in [2.75, 3.05) is 0 Å². The summed E-state index contributed by atoms with van der Waals surface area (Å²) in [5.74, 6) is -0.363. The molecule has 1 aliphatic rings. The second-order valence-electron chi connectivity index (χ2n) is 4.30. The molecule has 1 saturated carbocycles. The molecule has 0 spiro atoms. The molecule has 1 aliphatic carbocycles. The first-order valence-corrected chi connectivity index (χ1v) is 5.62. The van der Waals surface area contributed by atoms with Gasteiger partial charge in [0, 0.05) is 6.20 Å². The van der Waals surface area contributed by atoms with Gasteiger partial charge >= 0.3 is 5.97 Å². The van der Waals surface area contributed by atoms with Crippen LogP contribution in [0.2, 0.25) is 0 Å². The quantitative estimate of drug-likeness (QED) is 0.849. The van der Waals surface area contributed by atoms with Crippen molar-refractivity contribution >= 4 is 5.97 Å².